The largest absolute Gasteiger partial charge is 0.396 e. The molecule has 104 valence electrons. The van der Waals surface area contributed by atoms with Gasteiger partial charge >= 0.3 is 0 Å². The van der Waals surface area contributed by atoms with Crippen LogP contribution < -0.4 is 4.72 Å². The SMILES string of the molecule is CC(CO)CCCNS(=O)(=O)c1c(Cl)cnn1C. The Hall–Kier alpha value is -0.630. The van der Waals surface area contributed by atoms with Gasteiger partial charge in [0, 0.05) is 20.2 Å². The highest BCUT2D eigenvalue weighted by molar-refractivity contribution is 7.89. The van der Waals surface area contributed by atoms with E-state index >= 15 is 0 Å². The lowest BCUT2D eigenvalue weighted by Gasteiger charge is -2.09. The van der Waals surface area contributed by atoms with E-state index in [1.54, 1.807) is 0 Å². The Bertz CT molecular complexity index is 467. The fourth-order valence-corrected chi connectivity index (χ4v) is 3.24. The zero-order chi connectivity index (χ0) is 13.8. The van der Waals surface area contributed by atoms with E-state index in [0.717, 1.165) is 6.42 Å². The summed E-state index contributed by atoms with van der Waals surface area (Å²) in [6, 6.07) is 0. The number of nitrogens with zero attached hydrogens (tertiary/aromatic N) is 2. The van der Waals surface area contributed by atoms with Crippen LogP contribution in [0.15, 0.2) is 11.2 Å². The maximum Gasteiger partial charge on any atom is 0.259 e. The van der Waals surface area contributed by atoms with Crippen LogP contribution in [0.25, 0.3) is 0 Å². The Balaban J connectivity index is 2.56. The number of rotatable bonds is 7. The molecule has 18 heavy (non-hydrogen) atoms. The number of hydrogen-bond acceptors (Lipinski definition) is 4. The van der Waals surface area contributed by atoms with Gasteiger partial charge < -0.3 is 5.11 Å². The second kappa shape index (κ2) is 6.51. The second-order valence-electron chi connectivity index (χ2n) is 4.25. The van der Waals surface area contributed by atoms with E-state index in [4.69, 9.17) is 16.7 Å². The summed E-state index contributed by atoms with van der Waals surface area (Å²) in [7, 11) is -2.10. The van der Waals surface area contributed by atoms with Crippen LogP contribution in [0.2, 0.25) is 5.02 Å². The van der Waals surface area contributed by atoms with Gasteiger partial charge in [-0.3, -0.25) is 4.68 Å². The molecule has 1 aromatic rings. The molecule has 1 atom stereocenters. The summed E-state index contributed by atoms with van der Waals surface area (Å²) in [5, 5.41) is 12.7. The Labute approximate surface area is 112 Å². The number of nitrogens with one attached hydrogen (secondary N) is 1. The van der Waals surface area contributed by atoms with Gasteiger partial charge in [0.1, 0.15) is 0 Å². The van der Waals surface area contributed by atoms with E-state index in [0.29, 0.717) is 13.0 Å². The van der Waals surface area contributed by atoms with Gasteiger partial charge in [-0.15, -0.1) is 0 Å². The maximum absolute atomic E-state index is 11.9. The van der Waals surface area contributed by atoms with Gasteiger partial charge in [-0.25, -0.2) is 13.1 Å². The quantitative estimate of drug-likeness (QED) is 0.728. The van der Waals surface area contributed by atoms with E-state index in [-0.39, 0.29) is 22.6 Å². The first-order valence-electron chi connectivity index (χ1n) is 5.66. The number of hydrogen-bond donors (Lipinski definition) is 2. The lowest BCUT2D eigenvalue weighted by Crippen LogP contribution is -2.27. The van der Waals surface area contributed by atoms with Crippen LogP contribution in [0.3, 0.4) is 0 Å². The molecule has 0 aromatic carbocycles. The monoisotopic (exact) mass is 295 g/mol. The summed E-state index contributed by atoms with van der Waals surface area (Å²) in [6.45, 7) is 2.33. The van der Waals surface area contributed by atoms with Gasteiger partial charge in [-0.2, -0.15) is 5.10 Å². The van der Waals surface area contributed by atoms with E-state index in [2.05, 4.69) is 9.82 Å². The molecule has 8 heteroatoms. The summed E-state index contributed by atoms with van der Waals surface area (Å²) in [5.41, 5.74) is 0. The highest BCUT2D eigenvalue weighted by Crippen LogP contribution is 2.19. The molecule has 0 saturated heterocycles. The van der Waals surface area contributed by atoms with Crippen molar-refractivity contribution in [3.8, 4) is 0 Å². The lowest BCUT2D eigenvalue weighted by molar-refractivity contribution is 0.228. The molecule has 1 rings (SSSR count). The molecular formula is C10H18ClN3O3S. The first-order valence-corrected chi connectivity index (χ1v) is 7.52. The minimum absolute atomic E-state index is 0.0284. The van der Waals surface area contributed by atoms with Gasteiger partial charge in [0.25, 0.3) is 10.0 Å². The number of aliphatic hydroxyl groups excluding tert-OH is 1. The van der Waals surface area contributed by atoms with Gasteiger partial charge in [0.15, 0.2) is 5.03 Å². The number of aliphatic hydroxyl groups is 1. The van der Waals surface area contributed by atoms with Crippen molar-refractivity contribution < 1.29 is 13.5 Å². The van der Waals surface area contributed by atoms with Crippen molar-refractivity contribution in [3.05, 3.63) is 11.2 Å². The standard InChI is InChI=1S/C10H18ClN3O3S/c1-8(7-15)4-3-5-13-18(16,17)10-9(11)6-12-14(10)2/h6,8,13,15H,3-5,7H2,1-2H3. The van der Waals surface area contributed by atoms with E-state index in [1.165, 1.54) is 17.9 Å². The minimum Gasteiger partial charge on any atom is -0.396 e. The van der Waals surface area contributed by atoms with Crippen LogP contribution in [-0.2, 0) is 17.1 Å². The van der Waals surface area contributed by atoms with Crippen LogP contribution in [-0.4, -0.2) is 36.5 Å². The fraction of sp³-hybridized carbons (Fsp3) is 0.700. The molecule has 0 aliphatic heterocycles. The first-order chi connectivity index (χ1) is 8.38. The third-order valence-corrected chi connectivity index (χ3v) is 4.54. The van der Waals surface area contributed by atoms with Crippen LogP contribution in [0.5, 0.6) is 0 Å². The third kappa shape index (κ3) is 3.94. The van der Waals surface area contributed by atoms with Crippen LogP contribution in [0.4, 0.5) is 0 Å². The molecule has 1 heterocycles. The average molecular weight is 296 g/mol. The topological polar surface area (TPSA) is 84.2 Å². The molecule has 6 nitrogen and oxygen atoms in total. The van der Waals surface area contributed by atoms with E-state index in [9.17, 15) is 8.42 Å². The molecule has 1 aromatic heterocycles. The molecule has 0 amide bonds. The van der Waals surface area contributed by atoms with Gasteiger partial charge in [0.2, 0.25) is 0 Å². The summed E-state index contributed by atoms with van der Waals surface area (Å²) < 4.78 is 27.6. The van der Waals surface area contributed by atoms with Crippen LogP contribution in [0, 0.1) is 5.92 Å². The molecule has 0 bridgehead atoms. The molecule has 0 saturated carbocycles. The summed E-state index contributed by atoms with van der Waals surface area (Å²) in [4.78, 5) is 0. The highest BCUT2D eigenvalue weighted by atomic mass is 35.5. The van der Waals surface area contributed by atoms with Crippen molar-refractivity contribution in [2.24, 2.45) is 13.0 Å². The molecule has 0 aliphatic rings. The molecule has 0 aliphatic carbocycles. The summed E-state index contributed by atoms with van der Waals surface area (Å²) in [5.74, 6) is 0.176. The molecule has 0 fully saturated rings. The van der Waals surface area contributed by atoms with Crippen molar-refractivity contribution in [2.75, 3.05) is 13.2 Å². The van der Waals surface area contributed by atoms with Crippen molar-refractivity contribution in [1.29, 1.82) is 0 Å². The molecule has 0 spiro atoms. The van der Waals surface area contributed by atoms with Crippen molar-refractivity contribution in [2.45, 2.75) is 24.8 Å². The van der Waals surface area contributed by atoms with Crippen molar-refractivity contribution in [3.63, 3.8) is 0 Å². The maximum atomic E-state index is 11.9. The van der Waals surface area contributed by atoms with Crippen LogP contribution in [0.1, 0.15) is 19.8 Å². The Morgan fingerprint density at radius 3 is 2.78 bits per heavy atom. The lowest BCUT2D eigenvalue weighted by atomic mass is 10.1. The normalized spacial score (nSPS) is 13.8. The molecule has 0 radical (unpaired) electrons. The van der Waals surface area contributed by atoms with Gasteiger partial charge in [-0.05, 0) is 18.8 Å². The predicted molar refractivity (Wildman–Crippen MR) is 68.9 cm³/mol. The Morgan fingerprint density at radius 1 is 1.61 bits per heavy atom. The Morgan fingerprint density at radius 2 is 2.28 bits per heavy atom. The van der Waals surface area contributed by atoms with Crippen molar-refractivity contribution >= 4 is 21.6 Å². The smallest absolute Gasteiger partial charge is 0.259 e. The number of sulfonamides is 1. The molecule has 1 unspecified atom stereocenters. The number of halogens is 1. The average Bonchev–Trinajstić information content (AvgIpc) is 2.64. The van der Waals surface area contributed by atoms with Gasteiger partial charge in [-0.1, -0.05) is 18.5 Å². The van der Waals surface area contributed by atoms with Gasteiger partial charge in [0.05, 0.1) is 11.2 Å². The molecule has 2 N–H and O–H groups in total. The molecular weight excluding hydrogens is 278 g/mol. The van der Waals surface area contributed by atoms with Crippen LogP contribution >= 0.6 is 11.6 Å². The summed E-state index contributed by atoms with van der Waals surface area (Å²) in [6.07, 6.45) is 2.72. The van der Waals surface area contributed by atoms with Crippen molar-refractivity contribution in [1.82, 2.24) is 14.5 Å². The van der Waals surface area contributed by atoms with E-state index in [1.807, 2.05) is 6.92 Å². The third-order valence-electron chi connectivity index (χ3n) is 2.57. The predicted octanol–water partition coefficient (Wildman–Crippen LogP) is 0.760. The van der Waals surface area contributed by atoms with E-state index < -0.39 is 10.0 Å². The minimum atomic E-state index is -3.63. The highest BCUT2D eigenvalue weighted by Gasteiger charge is 2.21. The zero-order valence-electron chi connectivity index (χ0n) is 10.4. The second-order valence-corrected chi connectivity index (χ2v) is 6.34. The number of aryl methyl sites for hydroxylation is 1. The number of aromatic nitrogens is 2. The fourth-order valence-electron chi connectivity index (χ4n) is 1.52. The Kier molecular flexibility index (Phi) is 5.58. The zero-order valence-corrected chi connectivity index (χ0v) is 12.0. The summed E-state index contributed by atoms with van der Waals surface area (Å²) >= 11 is 5.78. The first kappa shape index (κ1) is 15.4.